The van der Waals surface area contributed by atoms with Gasteiger partial charge in [0.1, 0.15) is 5.69 Å². The van der Waals surface area contributed by atoms with Gasteiger partial charge < -0.3 is 10.3 Å². The quantitative estimate of drug-likeness (QED) is 0.466. The Labute approximate surface area is 127 Å². The van der Waals surface area contributed by atoms with Gasteiger partial charge in [0.2, 0.25) is 0 Å². The Morgan fingerprint density at radius 1 is 1.38 bits per heavy atom. The first-order valence-electron chi connectivity index (χ1n) is 6.55. The predicted molar refractivity (Wildman–Crippen MR) is 85.3 cm³/mol. The highest BCUT2D eigenvalue weighted by Gasteiger charge is 2.17. The van der Waals surface area contributed by atoms with Crippen molar-refractivity contribution >= 4 is 22.7 Å². The zero-order valence-corrected chi connectivity index (χ0v) is 12.6. The molecule has 0 aliphatic carbocycles. The van der Waals surface area contributed by atoms with Crippen LogP contribution < -0.4 is 11.3 Å². The minimum Gasteiger partial charge on any atom is -0.318 e. The first-order chi connectivity index (χ1) is 10.1. The van der Waals surface area contributed by atoms with Crippen molar-refractivity contribution in [2.75, 3.05) is 19.0 Å². The number of benzene rings is 1. The van der Waals surface area contributed by atoms with Crippen molar-refractivity contribution in [2.45, 2.75) is 13.0 Å². The van der Waals surface area contributed by atoms with E-state index in [4.69, 9.17) is 5.84 Å². The van der Waals surface area contributed by atoms with E-state index in [9.17, 15) is 10.1 Å². The zero-order valence-electron chi connectivity index (χ0n) is 11.8. The number of nitrogens with one attached hydrogen (secondary N) is 1. The Hall–Kier alpha value is -1.96. The number of hydrazine groups is 1. The van der Waals surface area contributed by atoms with Crippen LogP contribution in [0.5, 0.6) is 0 Å². The molecule has 0 saturated carbocycles. The average Bonchev–Trinajstić information content (AvgIpc) is 2.98. The third-order valence-electron chi connectivity index (χ3n) is 3.23. The molecular formula is C14H18N4O2S. The molecule has 0 atom stereocenters. The van der Waals surface area contributed by atoms with Gasteiger partial charge in [-0.05, 0) is 30.5 Å². The molecule has 0 aliphatic heterocycles. The van der Waals surface area contributed by atoms with Crippen LogP contribution in [0.2, 0.25) is 0 Å². The Kier molecular flexibility index (Phi) is 5.26. The third-order valence-corrected chi connectivity index (χ3v) is 4.17. The molecule has 7 heteroatoms. The second-order valence-corrected chi connectivity index (χ2v) is 5.81. The number of nitro groups is 1. The second kappa shape index (κ2) is 7.16. The number of thiophene rings is 1. The number of nitrogen functional groups attached to an aromatic ring is 1. The molecule has 2 rings (SSSR count). The van der Waals surface area contributed by atoms with Crippen molar-refractivity contribution in [2.24, 2.45) is 5.84 Å². The molecule has 1 heterocycles. The lowest BCUT2D eigenvalue weighted by Gasteiger charge is -2.18. The van der Waals surface area contributed by atoms with E-state index in [1.165, 1.54) is 10.9 Å². The molecule has 0 bridgehead atoms. The van der Waals surface area contributed by atoms with E-state index in [1.807, 2.05) is 19.2 Å². The number of nitro benzene ring substituents is 1. The molecule has 0 spiro atoms. The summed E-state index contributed by atoms with van der Waals surface area (Å²) in [6.07, 6.45) is 0.967. The summed E-state index contributed by atoms with van der Waals surface area (Å²) in [5, 5.41) is 13.1. The number of nitrogens with two attached hydrogens (primary N) is 1. The summed E-state index contributed by atoms with van der Waals surface area (Å²) in [6, 6.07) is 9.13. The first kappa shape index (κ1) is 15.4. The van der Waals surface area contributed by atoms with Crippen LogP contribution in [0.1, 0.15) is 10.4 Å². The molecule has 0 aliphatic rings. The lowest BCUT2D eigenvalue weighted by atomic mass is 10.1. The van der Waals surface area contributed by atoms with Gasteiger partial charge in [0.15, 0.2) is 0 Å². The Bertz CT molecular complexity index is 601. The number of nitrogens with zero attached hydrogens (tertiary/aromatic N) is 2. The van der Waals surface area contributed by atoms with Gasteiger partial charge in [0.05, 0.1) is 4.92 Å². The summed E-state index contributed by atoms with van der Waals surface area (Å²) in [6.45, 7) is 1.49. The summed E-state index contributed by atoms with van der Waals surface area (Å²) < 4.78 is 0. The van der Waals surface area contributed by atoms with E-state index in [-0.39, 0.29) is 5.69 Å². The minimum atomic E-state index is -0.426. The standard InChI is InChI=1S/C14H18N4O2S/c1-17(8-7-12-5-3-9-21-12)10-11-4-2-6-13(18(19)20)14(11)16-15/h2-6,9,16H,7-8,10,15H2,1H3. The first-order valence-corrected chi connectivity index (χ1v) is 7.43. The number of likely N-dealkylation sites (N-methyl/N-ethyl adjacent to an activating group) is 1. The van der Waals surface area contributed by atoms with Gasteiger partial charge in [-0.15, -0.1) is 11.3 Å². The molecule has 0 saturated heterocycles. The van der Waals surface area contributed by atoms with Gasteiger partial charge in [0, 0.05) is 24.0 Å². The smallest absolute Gasteiger partial charge is 0.293 e. The summed E-state index contributed by atoms with van der Waals surface area (Å²) in [7, 11) is 1.99. The molecule has 112 valence electrons. The Balaban J connectivity index is 2.04. The van der Waals surface area contributed by atoms with Crippen LogP contribution in [-0.2, 0) is 13.0 Å². The average molecular weight is 306 g/mol. The van der Waals surface area contributed by atoms with Crippen LogP contribution in [0.4, 0.5) is 11.4 Å². The summed E-state index contributed by atoms with van der Waals surface area (Å²) in [5.41, 5.74) is 3.66. The lowest BCUT2D eigenvalue weighted by Crippen LogP contribution is -2.22. The van der Waals surface area contributed by atoms with E-state index in [1.54, 1.807) is 17.4 Å². The largest absolute Gasteiger partial charge is 0.318 e. The van der Waals surface area contributed by atoms with Gasteiger partial charge in [-0.2, -0.15) is 0 Å². The molecule has 0 amide bonds. The van der Waals surface area contributed by atoms with Crippen molar-refractivity contribution in [3.63, 3.8) is 0 Å². The van der Waals surface area contributed by atoms with Crippen LogP contribution in [0.25, 0.3) is 0 Å². The third kappa shape index (κ3) is 4.01. The Morgan fingerprint density at radius 2 is 2.19 bits per heavy atom. The van der Waals surface area contributed by atoms with Gasteiger partial charge in [-0.1, -0.05) is 18.2 Å². The fourth-order valence-corrected chi connectivity index (χ4v) is 2.86. The fraction of sp³-hybridized carbons (Fsp3) is 0.286. The SMILES string of the molecule is CN(CCc1cccs1)Cc1cccc([N+](=O)[O-])c1NN. The summed E-state index contributed by atoms with van der Waals surface area (Å²) >= 11 is 1.74. The highest BCUT2D eigenvalue weighted by Crippen LogP contribution is 2.28. The maximum atomic E-state index is 11.0. The van der Waals surface area contributed by atoms with Crippen LogP contribution in [0, 0.1) is 10.1 Å². The van der Waals surface area contributed by atoms with Crippen molar-refractivity contribution in [3.8, 4) is 0 Å². The minimum absolute atomic E-state index is 0.00153. The summed E-state index contributed by atoms with van der Waals surface area (Å²) in [4.78, 5) is 14.0. The molecule has 0 fully saturated rings. The predicted octanol–water partition coefficient (Wildman–Crippen LogP) is 2.62. The van der Waals surface area contributed by atoms with Crippen LogP contribution in [0.15, 0.2) is 35.7 Å². The maximum Gasteiger partial charge on any atom is 0.293 e. The Morgan fingerprint density at radius 3 is 2.81 bits per heavy atom. The van der Waals surface area contributed by atoms with Gasteiger partial charge in [-0.25, -0.2) is 0 Å². The molecular weight excluding hydrogens is 288 g/mol. The van der Waals surface area contributed by atoms with Gasteiger partial charge in [0.25, 0.3) is 5.69 Å². The van der Waals surface area contributed by atoms with Crippen molar-refractivity contribution in [1.29, 1.82) is 0 Å². The van der Waals surface area contributed by atoms with Gasteiger partial charge in [-0.3, -0.25) is 16.0 Å². The van der Waals surface area contributed by atoms with E-state index in [2.05, 4.69) is 21.8 Å². The normalized spacial score (nSPS) is 10.8. The number of hydrogen-bond acceptors (Lipinski definition) is 6. The highest BCUT2D eigenvalue weighted by molar-refractivity contribution is 7.09. The molecule has 6 nitrogen and oxygen atoms in total. The zero-order chi connectivity index (χ0) is 15.2. The number of para-hydroxylation sites is 1. The molecule has 1 aromatic heterocycles. The fourth-order valence-electron chi connectivity index (χ4n) is 2.16. The monoisotopic (exact) mass is 306 g/mol. The van der Waals surface area contributed by atoms with E-state index >= 15 is 0 Å². The summed E-state index contributed by atoms with van der Waals surface area (Å²) in [5.74, 6) is 5.44. The number of anilines is 1. The van der Waals surface area contributed by atoms with Crippen LogP contribution in [0.3, 0.4) is 0 Å². The van der Waals surface area contributed by atoms with E-state index in [0.717, 1.165) is 18.5 Å². The number of hydrogen-bond donors (Lipinski definition) is 2. The molecule has 1 aromatic carbocycles. The molecule has 0 unspecified atom stereocenters. The molecule has 0 radical (unpaired) electrons. The van der Waals surface area contributed by atoms with E-state index < -0.39 is 4.92 Å². The van der Waals surface area contributed by atoms with Crippen LogP contribution >= 0.6 is 11.3 Å². The van der Waals surface area contributed by atoms with Crippen molar-refractivity contribution < 1.29 is 4.92 Å². The topological polar surface area (TPSA) is 84.4 Å². The molecule has 3 N–H and O–H groups in total. The van der Waals surface area contributed by atoms with Crippen LogP contribution in [-0.4, -0.2) is 23.4 Å². The van der Waals surface area contributed by atoms with Crippen molar-refractivity contribution in [1.82, 2.24) is 4.90 Å². The second-order valence-electron chi connectivity index (χ2n) is 4.78. The van der Waals surface area contributed by atoms with Crippen molar-refractivity contribution in [3.05, 3.63) is 56.3 Å². The van der Waals surface area contributed by atoms with E-state index in [0.29, 0.717) is 12.2 Å². The van der Waals surface area contributed by atoms with Gasteiger partial charge >= 0.3 is 0 Å². The molecule has 2 aromatic rings. The molecule has 21 heavy (non-hydrogen) atoms. The highest BCUT2D eigenvalue weighted by atomic mass is 32.1. The lowest BCUT2D eigenvalue weighted by molar-refractivity contribution is -0.384. The number of rotatable bonds is 7. The maximum absolute atomic E-state index is 11.0.